The zero-order valence-electron chi connectivity index (χ0n) is 9.41. The Morgan fingerprint density at radius 2 is 1.75 bits per heavy atom. The van der Waals surface area contributed by atoms with E-state index < -0.39 is 8.24 Å². The predicted octanol–water partition coefficient (Wildman–Crippen LogP) is 3.16. The minimum Gasteiger partial charge on any atom is -0.333 e. The maximum atomic E-state index is 3.90. The first kappa shape index (κ1) is 11.9. The largest absolute Gasteiger partial charge is 0.333 e. The van der Waals surface area contributed by atoms with Gasteiger partial charge >= 0.3 is 0 Å². The topological polar surface area (TPSA) is 12.0 Å². The summed E-state index contributed by atoms with van der Waals surface area (Å²) in [5, 5.41) is 0.419. The molecule has 0 unspecified atom stereocenters. The molecule has 0 amide bonds. The van der Waals surface area contributed by atoms with Gasteiger partial charge in [0.1, 0.15) is 8.24 Å². The molecule has 0 aliphatic carbocycles. The Morgan fingerprint density at radius 1 is 1.33 bits per heavy atom. The molecule has 0 aromatic carbocycles. The monoisotopic (exact) mass is 185 g/mol. The van der Waals surface area contributed by atoms with E-state index in [0.29, 0.717) is 5.04 Å². The van der Waals surface area contributed by atoms with Crippen molar-refractivity contribution in [3.63, 3.8) is 0 Å². The number of rotatable bonds is 3. The molecule has 0 bridgehead atoms. The Balaban J connectivity index is 4.14. The first-order valence-electron chi connectivity index (χ1n) is 4.56. The molecule has 0 saturated heterocycles. The van der Waals surface area contributed by atoms with Crippen LogP contribution in [0.15, 0.2) is 12.2 Å². The summed E-state index contributed by atoms with van der Waals surface area (Å²) in [5.74, 6) is 0. The first-order chi connectivity index (χ1) is 5.17. The van der Waals surface area contributed by atoms with E-state index in [-0.39, 0.29) is 0 Å². The van der Waals surface area contributed by atoms with Crippen LogP contribution in [0, 0.1) is 0 Å². The first-order valence-corrected chi connectivity index (χ1v) is 7.56. The summed E-state index contributed by atoms with van der Waals surface area (Å²) in [5.41, 5.74) is 1.22. The van der Waals surface area contributed by atoms with Crippen LogP contribution in [-0.4, -0.2) is 14.8 Å². The zero-order chi connectivity index (χ0) is 9.99. The summed E-state index contributed by atoms with van der Waals surface area (Å²) in [6.45, 7) is 18.6. The van der Waals surface area contributed by atoms with Crippen molar-refractivity contribution in [3.05, 3.63) is 12.2 Å². The van der Waals surface area contributed by atoms with Gasteiger partial charge in [0, 0.05) is 6.54 Å². The highest BCUT2D eigenvalue weighted by Crippen LogP contribution is 2.33. The lowest BCUT2D eigenvalue weighted by Crippen LogP contribution is -2.52. The van der Waals surface area contributed by atoms with Gasteiger partial charge in [0.05, 0.1) is 0 Å². The Bertz CT molecular complexity index is 165. The van der Waals surface area contributed by atoms with E-state index in [1.807, 2.05) is 0 Å². The second-order valence-corrected chi connectivity index (χ2v) is 10.3. The van der Waals surface area contributed by atoms with Crippen LogP contribution in [0.1, 0.15) is 27.7 Å². The molecule has 0 aliphatic rings. The Hall–Kier alpha value is -0.0831. The quantitative estimate of drug-likeness (QED) is 0.526. The second kappa shape index (κ2) is 3.75. The molecule has 0 spiro atoms. The average Bonchev–Trinajstić information content (AvgIpc) is 1.81. The SMILES string of the molecule is C=C(C)CN[Si](C)(C)C(C)(C)C. The lowest BCUT2D eigenvalue weighted by atomic mass is 10.2. The van der Waals surface area contributed by atoms with E-state index >= 15 is 0 Å². The molecule has 0 fully saturated rings. The summed E-state index contributed by atoms with van der Waals surface area (Å²) in [6, 6.07) is 0. The maximum Gasteiger partial charge on any atom is 0.125 e. The van der Waals surface area contributed by atoms with Crippen LogP contribution < -0.4 is 4.98 Å². The summed E-state index contributed by atoms with van der Waals surface area (Å²) < 4.78 is 0. The van der Waals surface area contributed by atoms with Gasteiger partial charge in [0.2, 0.25) is 0 Å². The van der Waals surface area contributed by atoms with Gasteiger partial charge in [-0.1, -0.05) is 46.0 Å². The lowest BCUT2D eigenvalue weighted by Gasteiger charge is -2.37. The lowest BCUT2D eigenvalue weighted by molar-refractivity contribution is 0.692. The third kappa shape index (κ3) is 3.54. The van der Waals surface area contributed by atoms with Crippen LogP contribution in [0.4, 0.5) is 0 Å². The van der Waals surface area contributed by atoms with Crippen LogP contribution in [0.2, 0.25) is 18.1 Å². The van der Waals surface area contributed by atoms with Crippen molar-refractivity contribution in [2.75, 3.05) is 6.54 Å². The fraction of sp³-hybridized carbons (Fsp3) is 0.800. The van der Waals surface area contributed by atoms with Crippen molar-refractivity contribution in [2.45, 2.75) is 45.8 Å². The molecule has 1 nitrogen and oxygen atoms in total. The summed E-state index contributed by atoms with van der Waals surface area (Å²) >= 11 is 0. The van der Waals surface area contributed by atoms with E-state index in [9.17, 15) is 0 Å². The molecule has 0 radical (unpaired) electrons. The smallest absolute Gasteiger partial charge is 0.125 e. The van der Waals surface area contributed by atoms with Gasteiger partial charge in [0.25, 0.3) is 0 Å². The minimum absolute atomic E-state index is 0.419. The van der Waals surface area contributed by atoms with Gasteiger partial charge in [-0.25, -0.2) is 0 Å². The second-order valence-electron chi connectivity index (χ2n) is 5.19. The van der Waals surface area contributed by atoms with Crippen LogP contribution in [0.3, 0.4) is 0 Å². The van der Waals surface area contributed by atoms with Crippen LogP contribution in [0.25, 0.3) is 0 Å². The highest BCUT2D eigenvalue weighted by molar-refractivity contribution is 6.77. The normalized spacial score (nSPS) is 13.2. The van der Waals surface area contributed by atoms with Crippen molar-refractivity contribution in [1.29, 1.82) is 0 Å². The predicted molar refractivity (Wildman–Crippen MR) is 60.0 cm³/mol. The third-order valence-electron chi connectivity index (χ3n) is 2.71. The van der Waals surface area contributed by atoms with Gasteiger partial charge in [-0.05, 0) is 12.0 Å². The number of hydrogen-bond acceptors (Lipinski definition) is 1. The van der Waals surface area contributed by atoms with Gasteiger partial charge < -0.3 is 4.98 Å². The number of nitrogens with one attached hydrogen (secondary N) is 1. The van der Waals surface area contributed by atoms with Crippen LogP contribution in [0.5, 0.6) is 0 Å². The molecule has 72 valence electrons. The van der Waals surface area contributed by atoms with Crippen LogP contribution in [-0.2, 0) is 0 Å². The fourth-order valence-corrected chi connectivity index (χ4v) is 1.91. The highest BCUT2D eigenvalue weighted by atomic mass is 28.3. The molecular formula is C10H23NSi. The Morgan fingerprint density at radius 3 is 2.00 bits per heavy atom. The molecular weight excluding hydrogens is 162 g/mol. The zero-order valence-corrected chi connectivity index (χ0v) is 10.4. The molecule has 2 heteroatoms. The van der Waals surface area contributed by atoms with E-state index in [1.165, 1.54) is 5.57 Å². The van der Waals surface area contributed by atoms with Gasteiger partial charge in [-0.15, -0.1) is 0 Å². The van der Waals surface area contributed by atoms with Gasteiger partial charge in [0.15, 0.2) is 0 Å². The Kier molecular flexibility index (Phi) is 3.73. The molecule has 0 heterocycles. The average molecular weight is 185 g/mol. The van der Waals surface area contributed by atoms with Crippen molar-refractivity contribution in [2.24, 2.45) is 0 Å². The summed E-state index contributed by atoms with van der Waals surface area (Å²) in [7, 11) is -1.28. The van der Waals surface area contributed by atoms with Gasteiger partial charge in [-0.2, -0.15) is 0 Å². The van der Waals surface area contributed by atoms with Crippen LogP contribution >= 0.6 is 0 Å². The van der Waals surface area contributed by atoms with Crippen molar-refractivity contribution < 1.29 is 0 Å². The number of hydrogen-bond donors (Lipinski definition) is 1. The standard InChI is InChI=1S/C10H23NSi/c1-9(2)8-11-12(6,7)10(3,4)5/h11H,1,8H2,2-7H3. The highest BCUT2D eigenvalue weighted by Gasteiger charge is 2.34. The van der Waals surface area contributed by atoms with Gasteiger partial charge in [-0.3, -0.25) is 0 Å². The van der Waals surface area contributed by atoms with E-state index in [1.54, 1.807) is 0 Å². The van der Waals surface area contributed by atoms with E-state index in [4.69, 9.17) is 0 Å². The molecule has 0 aromatic heterocycles. The molecule has 0 aliphatic heterocycles. The van der Waals surface area contributed by atoms with E-state index in [2.05, 4.69) is 52.4 Å². The Labute approximate surface area is 78.3 Å². The molecule has 1 N–H and O–H groups in total. The minimum atomic E-state index is -1.28. The molecule has 0 rings (SSSR count). The third-order valence-corrected chi connectivity index (χ3v) is 7.52. The van der Waals surface area contributed by atoms with E-state index in [0.717, 1.165) is 6.54 Å². The summed E-state index contributed by atoms with van der Waals surface area (Å²) in [4.78, 5) is 3.64. The fourth-order valence-electron chi connectivity index (χ4n) is 0.637. The van der Waals surface area contributed by atoms with Crippen molar-refractivity contribution in [1.82, 2.24) is 4.98 Å². The molecule has 0 aromatic rings. The maximum absolute atomic E-state index is 3.90. The van der Waals surface area contributed by atoms with Crippen molar-refractivity contribution >= 4 is 8.24 Å². The summed E-state index contributed by atoms with van der Waals surface area (Å²) in [6.07, 6.45) is 0. The molecule has 0 saturated carbocycles. The molecule has 12 heavy (non-hydrogen) atoms. The molecule has 0 atom stereocenters. The van der Waals surface area contributed by atoms with Crippen molar-refractivity contribution in [3.8, 4) is 0 Å².